The van der Waals surface area contributed by atoms with Crippen LogP contribution in [0.1, 0.15) is 6.92 Å². The summed E-state index contributed by atoms with van der Waals surface area (Å²) in [5.41, 5.74) is 0. The van der Waals surface area contributed by atoms with E-state index in [4.69, 9.17) is 9.47 Å². The van der Waals surface area contributed by atoms with E-state index in [1.807, 2.05) is 24.3 Å². The van der Waals surface area contributed by atoms with E-state index >= 15 is 0 Å². The fourth-order valence-electron chi connectivity index (χ4n) is 1.24. The zero-order valence-electron chi connectivity index (χ0n) is 7.73. The second-order valence-corrected chi connectivity index (χ2v) is 3.98. The summed E-state index contributed by atoms with van der Waals surface area (Å²) in [4.78, 5) is 11.8. The Balaban J connectivity index is 2.09. The van der Waals surface area contributed by atoms with E-state index in [1.165, 1.54) is 6.92 Å². The van der Waals surface area contributed by atoms with Crippen molar-refractivity contribution in [2.24, 2.45) is 0 Å². The van der Waals surface area contributed by atoms with Gasteiger partial charge in [0.2, 0.25) is 0 Å². The third-order valence-corrected chi connectivity index (χ3v) is 2.87. The Hall–Kier alpha value is -1.16. The third-order valence-electron chi connectivity index (χ3n) is 1.78. The lowest BCUT2D eigenvalue weighted by Crippen LogP contribution is -2.28. The highest BCUT2D eigenvalue weighted by Gasteiger charge is 2.21. The molecule has 2 rings (SSSR count). The predicted octanol–water partition coefficient (Wildman–Crippen LogP) is 2.06. The highest BCUT2D eigenvalue weighted by atomic mass is 32.2. The van der Waals surface area contributed by atoms with Crippen LogP contribution < -0.4 is 4.74 Å². The number of carbonyl (C=O) groups excluding carboxylic acids is 1. The van der Waals surface area contributed by atoms with E-state index in [9.17, 15) is 4.79 Å². The first-order valence-corrected chi connectivity index (χ1v) is 5.30. The molecular formula is C10H10O3S. The topological polar surface area (TPSA) is 35.5 Å². The van der Waals surface area contributed by atoms with E-state index in [1.54, 1.807) is 11.8 Å². The number of benzene rings is 1. The predicted molar refractivity (Wildman–Crippen MR) is 53.3 cm³/mol. The lowest BCUT2D eigenvalue weighted by atomic mass is 10.3. The van der Waals surface area contributed by atoms with Gasteiger partial charge < -0.3 is 9.47 Å². The molecule has 74 valence electrons. The maximum Gasteiger partial charge on any atom is 0.305 e. The molecule has 0 aromatic heterocycles. The van der Waals surface area contributed by atoms with Crippen LogP contribution in [0, 0.1) is 0 Å². The average molecular weight is 210 g/mol. The number of fused-ring (bicyclic) bond motifs is 1. The molecular weight excluding hydrogens is 200 g/mol. The van der Waals surface area contributed by atoms with Crippen LogP contribution in [0.5, 0.6) is 5.75 Å². The van der Waals surface area contributed by atoms with Crippen molar-refractivity contribution in [1.29, 1.82) is 0 Å². The SMILES string of the molecule is CC(=O)OC1CSc2ccccc2O1. The molecule has 0 amide bonds. The van der Waals surface area contributed by atoms with Crippen LogP contribution in [-0.4, -0.2) is 18.0 Å². The van der Waals surface area contributed by atoms with Crippen molar-refractivity contribution in [3.05, 3.63) is 24.3 Å². The van der Waals surface area contributed by atoms with Crippen LogP contribution in [0.25, 0.3) is 0 Å². The normalized spacial score (nSPS) is 19.4. The summed E-state index contributed by atoms with van der Waals surface area (Å²) in [6, 6.07) is 7.72. The van der Waals surface area contributed by atoms with E-state index < -0.39 is 6.29 Å². The standard InChI is InChI=1S/C10H10O3S/c1-7(11)12-10-6-14-9-5-3-2-4-8(9)13-10/h2-5,10H,6H2,1H3. The van der Waals surface area contributed by atoms with Crippen molar-refractivity contribution in [2.45, 2.75) is 18.1 Å². The molecule has 0 fully saturated rings. The maximum absolute atomic E-state index is 10.7. The molecule has 1 atom stereocenters. The van der Waals surface area contributed by atoms with Gasteiger partial charge in [-0.3, -0.25) is 4.79 Å². The molecule has 1 aliphatic heterocycles. The average Bonchev–Trinajstić information content (AvgIpc) is 2.17. The summed E-state index contributed by atoms with van der Waals surface area (Å²) < 4.78 is 10.4. The number of carbonyl (C=O) groups is 1. The number of para-hydroxylation sites is 1. The number of rotatable bonds is 1. The molecule has 0 saturated carbocycles. The van der Waals surface area contributed by atoms with Gasteiger partial charge in [-0.2, -0.15) is 0 Å². The Morgan fingerprint density at radius 2 is 2.36 bits per heavy atom. The van der Waals surface area contributed by atoms with E-state index in [-0.39, 0.29) is 5.97 Å². The van der Waals surface area contributed by atoms with Gasteiger partial charge in [0, 0.05) is 11.8 Å². The van der Waals surface area contributed by atoms with Gasteiger partial charge in [-0.15, -0.1) is 11.8 Å². The van der Waals surface area contributed by atoms with Crippen LogP contribution in [0.3, 0.4) is 0 Å². The van der Waals surface area contributed by atoms with Gasteiger partial charge in [-0.05, 0) is 12.1 Å². The second kappa shape index (κ2) is 3.92. The maximum atomic E-state index is 10.7. The fourth-order valence-corrected chi connectivity index (χ4v) is 2.13. The minimum absolute atomic E-state index is 0.310. The monoisotopic (exact) mass is 210 g/mol. The summed E-state index contributed by atoms with van der Waals surface area (Å²) in [5, 5.41) is 0. The molecule has 1 aromatic rings. The lowest BCUT2D eigenvalue weighted by Gasteiger charge is -2.24. The number of hydrogen-bond acceptors (Lipinski definition) is 4. The van der Waals surface area contributed by atoms with Gasteiger partial charge in [-0.1, -0.05) is 12.1 Å². The van der Waals surface area contributed by atoms with Gasteiger partial charge in [-0.25, -0.2) is 0 Å². The van der Waals surface area contributed by atoms with Crippen LogP contribution in [-0.2, 0) is 9.53 Å². The van der Waals surface area contributed by atoms with Crippen molar-refractivity contribution in [1.82, 2.24) is 0 Å². The van der Waals surface area contributed by atoms with Crippen LogP contribution in [0.15, 0.2) is 29.2 Å². The van der Waals surface area contributed by atoms with Crippen LogP contribution in [0.2, 0.25) is 0 Å². The van der Waals surface area contributed by atoms with Gasteiger partial charge in [0.15, 0.2) is 0 Å². The summed E-state index contributed by atoms with van der Waals surface area (Å²) >= 11 is 1.64. The highest BCUT2D eigenvalue weighted by molar-refractivity contribution is 7.99. The number of hydrogen-bond donors (Lipinski definition) is 0. The molecule has 0 spiro atoms. The molecule has 0 N–H and O–H groups in total. The summed E-state index contributed by atoms with van der Waals surface area (Å²) in [6.07, 6.45) is -0.451. The molecule has 1 unspecified atom stereocenters. The molecule has 0 aliphatic carbocycles. The Kier molecular flexibility index (Phi) is 2.63. The minimum Gasteiger partial charge on any atom is -0.453 e. The Morgan fingerprint density at radius 1 is 1.57 bits per heavy atom. The van der Waals surface area contributed by atoms with Gasteiger partial charge in [0.25, 0.3) is 6.29 Å². The third kappa shape index (κ3) is 2.01. The Bertz CT molecular complexity index is 351. The molecule has 1 heterocycles. The summed E-state index contributed by atoms with van der Waals surface area (Å²) in [7, 11) is 0. The van der Waals surface area contributed by atoms with E-state index in [0.717, 1.165) is 10.6 Å². The molecule has 0 bridgehead atoms. The Morgan fingerprint density at radius 3 is 3.14 bits per heavy atom. The fraction of sp³-hybridized carbons (Fsp3) is 0.300. The molecule has 0 saturated heterocycles. The van der Waals surface area contributed by atoms with Gasteiger partial charge >= 0.3 is 5.97 Å². The number of ether oxygens (including phenoxy) is 2. The zero-order valence-corrected chi connectivity index (χ0v) is 8.54. The van der Waals surface area contributed by atoms with Crippen molar-refractivity contribution in [3.8, 4) is 5.75 Å². The van der Waals surface area contributed by atoms with Crippen molar-refractivity contribution in [3.63, 3.8) is 0 Å². The van der Waals surface area contributed by atoms with Gasteiger partial charge in [0.1, 0.15) is 5.75 Å². The molecule has 1 aliphatic rings. The van der Waals surface area contributed by atoms with Crippen LogP contribution >= 0.6 is 11.8 Å². The largest absolute Gasteiger partial charge is 0.453 e. The van der Waals surface area contributed by atoms with Gasteiger partial charge in [0.05, 0.1) is 5.75 Å². The number of esters is 1. The first-order chi connectivity index (χ1) is 6.75. The smallest absolute Gasteiger partial charge is 0.305 e. The highest BCUT2D eigenvalue weighted by Crippen LogP contribution is 2.35. The van der Waals surface area contributed by atoms with E-state index in [0.29, 0.717) is 5.75 Å². The van der Waals surface area contributed by atoms with E-state index in [2.05, 4.69) is 0 Å². The zero-order chi connectivity index (χ0) is 9.97. The Labute approximate surface area is 86.4 Å². The summed E-state index contributed by atoms with van der Waals surface area (Å²) in [6.45, 7) is 1.38. The molecule has 1 aromatic carbocycles. The molecule has 14 heavy (non-hydrogen) atoms. The van der Waals surface area contributed by atoms with Crippen molar-refractivity contribution >= 4 is 17.7 Å². The first kappa shape index (κ1) is 9.40. The molecule has 0 radical (unpaired) electrons. The second-order valence-electron chi connectivity index (χ2n) is 2.91. The summed E-state index contributed by atoms with van der Waals surface area (Å²) in [5.74, 6) is 1.13. The van der Waals surface area contributed by atoms with Crippen LogP contribution in [0.4, 0.5) is 0 Å². The first-order valence-electron chi connectivity index (χ1n) is 4.31. The lowest BCUT2D eigenvalue weighted by molar-refractivity contribution is -0.158. The van der Waals surface area contributed by atoms with Crippen molar-refractivity contribution in [2.75, 3.05) is 5.75 Å². The number of thioether (sulfide) groups is 1. The molecule has 4 heteroatoms. The molecule has 3 nitrogen and oxygen atoms in total. The minimum atomic E-state index is -0.451. The quantitative estimate of drug-likeness (QED) is 0.665. The van der Waals surface area contributed by atoms with Crippen molar-refractivity contribution < 1.29 is 14.3 Å².